The van der Waals surface area contributed by atoms with Crippen LogP contribution in [0.4, 0.5) is 5.69 Å². The Morgan fingerprint density at radius 2 is 1.80 bits per heavy atom. The molecule has 7 nitrogen and oxygen atoms in total. The summed E-state index contributed by atoms with van der Waals surface area (Å²) in [5.41, 5.74) is 4.60. The van der Waals surface area contributed by atoms with E-state index in [0.29, 0.717) is 13.1 Å². The summed E-state index contributed by atoms with van der Waals surface area (Å²) in [5.74, 6) is 1.75. The molecule has 2 heterocycles. The van der Waals surface area contributed by atoms with Crippen molar-refractivity contribution < 1.29 is 9.26 Å². The van der Waals surface area contributed by atoms with Crippen LogP contribution in [0, 0.1) is 0 Å². The lowest BCUT2D eigenvalue weighted by Crippen LogP contribution is -2.37. The van der Waals surface area contributed by atoms with Gasteiger partial charge in [0.1, 0.15) is 5.76 Å². The standard InChI is InChI=1S/C22H33N5O2.HI/c1-4-20-19(21(5-2)29-26-20)16-25-22(23-6-3)24-15-17-7-9-18(10-8-17)27-11-13-28-14-12-27;/h7-10H,4-6,11-16H2,1-3H3,(H2,23,24,25);1H. The van der Waals surface area contributed by atoms with Crippen LogP contribution in [0.3, 0.4) is 0 Å². The summed E-state index contributed by atoms with van der Waals surface area (Å²) in [6, 6.07) is 8.66. The predicted octanol–water partition coefficient (Wildman–Crippen LogP) is 3.51. The van der Waals surface area contributed by atoms with Crippen molar-refractivity contribution in [3.8, 4) is 0 Å². The average Bonchev–Trinajstić information content (AvgIpc) is 3.18. The lowest BCUT2D eigenvalue weighted by atomic mass is 10.1. The van der Waals surface area contributed by atoms with E-state index in [4.69, 9.17) is 14.3 Å². The maximum Gasteiger partial charge on any atom is 0.191 e. The highest BCUT2D eigenvalue weighted by molar-refractivity contribution is 14.0. The van der Waals surface area contributed by atoms with Crippen LogP contribution in [0.15, 0.2) is 33.8 Å². The van der Waals surface area contributed by atoms with Crippen molar-refractivity contribution in [1.29, 1.82) is 0 Å². The van der Waals surface area contributed by atoms with Crippen molar-refractivity contribution in [2.45, 2.75) is 46.7 Å². The van der Waals surface area contributed by atoms with Crippen LogP contribution in [0.5, 0.6) is 0 Å². The van der Waals surface area contributed by atoms with Crippen molar-refractivity contribution in [2.75, 3.05) is 37.7 Å². The van der Waals surface area contributed by atoms with Gasteiger partial charge >= 0.3 is 0 Å². The number of anilines is 1. The van der Waals surface area contributed by atoms with Crippen LogP contribution in [0.25, 0.3) is 0 Å². The normalized spacial score (nSPS) is 14.4. The highest BCUT2D eigenvalue weighted by Gasteiger charge is 2.14. The van der Waals surface area contributed by atoms with Gasteiger partial charge in [-0.05, 0) is 31.0 Å². The van der Waals surface area contributed by atoms with Crippen molar-refractivity contribution >= 4 is 35.6 Å². The molecule has 1 fully saturated rings. The highest BCUT2D eigenvalue weighted by atomic mass is 127. The Bertz CT molecular complexity index is 764. The minimum Gasteiger partial charge on any atom is -0.378 e. The number of hydrogen-bond acceptors (Lipinski definition) is 5. The van der Waals surface area contributed by atoms with Gasteiger partial charge < -0.3 is 24.8 Å². The zero-order chi connectivity index (χ0) is 20.5. The molecule has 2 aromatic rings. The molecule has 0 saturated carbocycles. The Hall–Kier alpha value is -1.81. The van der Waals surface area contributed by atoms with Crippen LogP contribution in [-0.2, 0) is 30.7 Å². The lowest BCUT2D eigenvalue weighted by Gasteiger charge is -2.28. The molecule has 1 aromatic heterocycles. The van der Waals surface area contributed by atoms with Crippen LogP contribution >= 0.6 is 24.0 Å². The summed E-state index contributed by atoms with van der Waals surface area (Å²) in [6.45, 7) is 11.9. The van der Waals surface area contributed by atoms with E-state index < -0.39 is 0 Å². The second-order valence-corrected chi connectivity index (χ2v) is 7.05. The van der Waals surface area contributed by atoms with E-state index in [1.165, 1.54) is 11.3 Å². The number of halogens is 1. The second kappa shape index (κ2) is 12.8. The molecule has 1 aliphatic rings. The first kappa shape index (κ1) is 24.5. The number of aromatic nitrogens is 1. The number of benzene rings is 1. The molecule has 0 aliphatic carbocycles. The Kier molecular flexibility index (Phi) is 10.4. The third kappa shape index (κ3) is 6.60. The van der Waals surface area contributed by atoms with Crippen LogP contribution < -0.4 is 15.5 Å². The van der Waals surface area contributed by atoms with Gasteiger partial charge in [0.2, 0.25) is 0 Å². The molecule has 1 saturated heterocycles. The van der Waals surface area contributed by atoms with Crippen molar-refractivity contribution in [3.63, 3.8) is 0 Å². The van der Waals surface area contributed by atoms with Crippen LogP contribution in [0.2, 0.25) is 0 Å². The third-order valence-electron chi connectivity index (χ3n) is 5.12. The Morgan fingerprint density at radius 1 is 1.07 bits per heavy atom. The van der Waals surface area contributed by atoms with E-state index >= 15 is 0 Å². The van der Waals surface area contributed by atoms with Gasteiger partial charge in [-0.25, -0.2) is 4.99 Å². The number of aryl methyl sites for hydroxylation is 2. The first-order valence-electron chi connectivity index (χ1n) is 10.6. The van der Waals surface area contributed by atoms with Gasteiger partial charge in [-0.3, -0.25) is 0 Å². The molecule has 1 aromatic carbocycles. The summed E-state index contributed by atoms with van der Waals surface area (Å²) < 4.78 is 10.9. The van der Waals surface area contributed by atoms with E-state index in [1.807, 2.05) is 0 Å². The number of nitrogens with zero attached hydrogens (tertiary/aromatic N) is 3. The molecule has 1 aliphatic heterocycles. The fourth-order valence-electron chi connectivity index (χ4n) is 3.46. The largest absolute Gasteiger partial charge is 0.378 e. The molecule has 0 radical (unpaired) electrons. The molecular weight excluding hydrogens is 493 g/mol. The van der Waals surface area contributed by atoms with E-state index in [2.05, 4.69) is 65.7 Å². The number of hydrogen-bond donors (Lipinski definition) is 2. The molecule has 0 spiro atoms. The smallest absolute Gasteiger partial charge is 0.191 e. The average molecular weight is 527 g/mol. The van der Waals surface area contributed by atoms with Gasteiger partial charge in [-0.1, -0.05) is 31.1 Å². The monoisotopic (exact) mass is 527 g/mol. The van der Waals surface area contributed by atoms with E-state index in [1.54, 1.807) is 0 Å². The molecule has 3 rings (SSSR count). The van der Waals surface area contributed by atoms with E-state index in [-0.39, 0.29) is 24.0 Å². The summed E-state index contributed by atoms with van der Waals surface area (Å²) in [5, 5.41) is 10.9. The molecule has 0 unspecified atom stereocenters. The first-order chi connectivity index (χ1) is 14.2. The maximum atomic E-state index is 5.46. The van der Waals surface area contributed by atoms with Gasteiger partial charge in [-0.2, -0.15) is 0 Å². The Labute approximate surface area is 196 Å². The third-order valence-corrected chi connectivity index (χ3v) is 5.12. The zero-order valence-electron chi connectivity index (χ0n) is 18.2. The van der Waals surface area contributed by atoms with Gasteiger partial charge in [0.15, 0.2) is 5.96 Å². The topological polar surface area (TPSA) is 74.9 Å². The number of nitrogens with one attached hydrogen (secondary N) is 2. The van der Waals surface area contributed by atoms with Crippen molar-refractivity contribution in [2.24, 2.45) is 4.99 Å². The number of guanidine groups is 1. The number of rotatable bonds is 8. The zero-order valence-corrected chi connectivity index (χ0v) is 20.6. The minimum atomic E-state index is 0. The molecule has 30 heavy (non-hydrogen) atoms. The molecule has 8 heteroatoms. The van der Waals surface area contributed by atoms with Crippen molar-refractivity contribution in [1.82, 2.24) is 15.8 Å². The second-order valence-electron chi connectivity index (χ2n) is 7.05. The molecule has 0 atom stereocenters. The van der Waals surface area contributed by atoms with Gasteiger partial charge in [-0.15, -0.1) is 24.0 Å². The Balaban J connectivity index is 0.00000320. The Morgan fingerprint density at radius 3 is 2.43 bits per heavy atom. The molecule has 0 amide bonds. The molecule has 2 N–H and O–H groups in total. The molecular formula is C22H34IN5O2. The molecule has 0 bridgehead atoms. The number of ether oxygens (including phenoxy) is 1. The summed E-state index contributed by atoms with van der Waals surface area (Å²) in [7, 11) is 0. The number of aliphatic imine (C=N–C) groups is 1. The quantitative estimate of drug-likeness (QED) is 0.311. The summed E-state index contributed by atoms with van der Waals surface area (Å²) >= 11 is 0. The lowest BCUT2D eigenvalue weighted by molar-refractivity contribution is 0.122. The summed E-state index contributed by atoms with van der Waals surface area (Å²) in [4.78, 5) is 7.11. The van der Waals surface area contributed by atoms with E-state index in [0.717, 1.165) is 68.7 Å². The highest BCUT2D eigenvalue weighted by Crippen LogP contribution is 2.17. The van der Waals surface area contributed by atoms with Crippen LogP contribution in [0.1, 0.15) is 43.4 Å². The van der Waals surface area contributed by atoms with Gasteiger partial charge in [0.25, 0.3) is 0 Å². The van der Waals surface area contributed by atoms with Gasteiger partial charge in [0, 0.05) is 43.9 Å². The summed E-state index contributed by atoms with van der Waals surface area (Å²) in [6.07, 6.45) is 1.71. The maximum absolute atomic E-state index is 5.46. The SMILES string of the molecule is CCNC(=NCc1ccc(N2CCOCC2)cc1)NCc1c(CC)noc1CC.I. The van der Waals surface area contributed by atoms with Crippen LogP contribution in [-0.4, -0.2) is 44.0 Å². The van der Waals surface area contributed by atoms with Crippen molar-refractivity contribution in [3.05, 3.63) is 46.8 Å². The first-order valence-corrected chi connectivity index (χ1v) is 10.6. The molecule has 166 valence electrons. The fourth-order valence-corrected chi connectivity index (χ4v) is 3.46. The predicted molar refractivity (Wildman–Crippen MR) is 132 cm³/mol. The van der Waals surface area contributed by atoms with Gasteiger partial charge in [0.05, 0.1) is 25.5 Å². The fraction of sp³-hybridized carbons (Fsp3) is 0.545. The van der Waals surface area contributed by atoms with E-state index in [9.17, 15) is 0 Å². The number of morpholine rings is 1. The minimum absolute atomic E-state index is 0.